The van der Waals surface area contributed by atoms with E-state index in [0.717, 1.165) is 0 Å². The molecule has 0 saturated heterocycles. The van der Waals surface area contributed by atoms with Crippen LogP contribution in [0.3, 0.4) is 0 Å². The molecule has 1 aromatic carbocycles. The van der Waals surface area contributed by atoms with E-state index in [9.17, 15) is 8.42 Å². The Kier molecular flexibility index (Phi) is 5.45. The van der Waals surface area contributed by atoms with E-state index >= 15 is 0 Å². The lowest BCUT2D eigenvalue weighted by atomic mass is 10.2. The van der Waals surface area contributed by atoms with Gasteiger partial charge < -0.3 is 0 Å². The van der Waals surface area contributed by atoms with Crippen molar-refractivity contribution >= 4 is 27.3 Å². The van der Waals surface area contributed by atoms with Gasteiger partial charge in [0.1, 0.15) is 0 Å². The molecular weight excluding hydrogens is 272 g/mol. The molecule has 0 aliphatic carbocycles. The molecule has 6 heteroatoms. The topological polar surface area (TPSA) is 61.2 Å². The number of halogens is 1. The number of hydrogen-bond donors (Lipinski definition) is 0. The van der Waals surface area contributed by atoms with Crippen LogP contribution in [0.15, 0.2) is 24.3 Å². The zero-order chi connectivity index (χ0) is 13.6. The predicted molar refractivity (Wildman–Crippen MR) is 73.3 cm³/mol. The summed E-state index contributed by atoms with van der Waals surface area (Å²) in [5.74, 6) is 0.548. The van der Waals surface area contributed by atoms with Crippen LogP contribution in [0.1, 0.15) is 18.4 Å². The third kappa shape index (κ3) is 3.90. The Morgan fingerprint density at radius 2 is 1.89 bits per heavy atom. The normalized spacial score (nSPS) is 10.9. The highest BCUT2D eigenvalue weighted by Gasteiger charge is 2.17. The molecule has 0 unspecified atom stereocenters. The zero-order valence-corrected chi connectivity index (χ0v) is 11.7. The number of alkyl halides is 1. The van der Waals surface area contributed by atoms with Crippen LogP contribution in [-0.4, -0.2) is 27.1 Å². The van der Waals surface area contributed by atoms with Gasteiger partial charge in [0, 0.05) is 12.9 Å². The molecule has 18 heavy (non-hydrogen) atoms. The molecular formula is C12H15ClN2O2S. The van der Waals surface area contributed by atoms with Crippen molar-refractivity contribution in [1.82, 2.24) is 0 Å². The van der Waals surface area contributed by atoms with Gasteiger partial charge in [0.15, 0.2) is 0 Å². The van der Waals surface area contributed by atoms with Crippen LogP contribution in [-0.2, 0) is 10.0 Å². The number of nitrogens with zero attached hydrogens (tertiary/aromatic N) is 2. The average Bonchev–Trinajstić information content (AvgIpc) is 2.38. The summed E-state index contributed by atoms with van der Waals surface area (Å²) < 4.78 is 25.2. The number of benzene rings is 1. The predicted octanol–water partition coefficient (Wildman–Crippen LogP) is 2.34. The smallest absolute Gasteiger partial charge is 0.234 e. The molecule has 0 fully saturated rings. The van der Waals surface area contributed by atoms with Crippen molar-refractivity contribution in [3.63, 3.8) is 0 Å². The highest BCUT2D eigenvalue weighted by Crippen LogP contribution is 2.17. The minimum atomic E-state index is -3.31. The molecule has 0 amide bonds. The first kappa shape index (κ1) is 14.8. The summed E-state index contributed by atoms with van der Waals surface area (Å²) in [6.07, 6.45) is 1.23. The number of rotatable bonds is 6. The van der Waals surface area contributed by atoms with Gasteiger partial charge in [-0.1, -0.05) is 0 Å². The number of nitriles is 1. The Hall–Kier alpha value is -1.25. The molecule has 0 aliphatic rings. The number of unbranched alkanes of at least 4 members (excludes halogenated alkanes) is 1. The summed E-state index contributed by atoms with van der Waals surface area (Å²) in [5, 5.41) is 8.68. The Morgan fingerprint density at radius 3 is 2.39 bits per heavy atom. The number of anilines is 1. The van der Waals surface area contributed by atoms with Crippen LogP contribution in [0.2, 0.25) is 0 Å². The van der Waals surface area contributed by atoms with Crippen LogP contribution < -0.4 is 4.31 Å². The van der Waals surface area contributed by atoms with Crippen molar-refractivity contribution < 1.29 is 8.42 Å². The maximum Gasteiger partial charge on any atom is 0.234 e. The molecule has 0 saturated carbocycles. The van der Waals surface area contributed by atoms with Gasteiger partial charge in [0.25, 0.3) is 0 Å². The monoisotopic (exact) mass is 286 g/mol. The van der Waals surface area contributed by atoms with E-state index in [4.69, 9.17) is 16.9 Å². The zero-order valence-electron chi connectivity index (χ0n) is 10.1. The van der Waals surface area contributed by atoms with Crippen molar-refractivity contribution in [3.05, 3.63) is 29.8 Å². The van der Waals surface area contributed by atoms with Crippen molar-refractivity contribution in [2.75, 3.05) is 23.0 Å². The molecule has 0 atom stereocenters. The van der Waals surface area contributed by atoms with Crippen molar-refractivity contribution in [2.24, 2.45) is 0 Å². The first-order chi connectivity index (χ1) is 8.51. The van der Waals surface area contributed by atoms with Gasteiger partial charge in [-0.05, 0) is 37.1 Å². The van der Waals surface area contributed by atoms with E-state index in [1.54, 1.807) is 24.3 Å². The third-order valence-electron chi connectivity index (χ3n) is 2.56. The third-order valence-corrected chi connectivity index (χ3v) is 4.68. The van der Waals surface area contributed by atoms with Gasteiger partial charge in [-0.3, -0.25) is 4.31 Å². The van der Waals surface area contributed by atoms with E-state index in [1.807, 2.05) is 6.07 Å². The highest BCUT2D eigenvalue weighted by atomic mass is 35.5. The largest absolute Gasteiger partial charge is 0.273 e. The lowest BCUT2D eigenvalue weighted by Gasteiger charge is -2.19. The van der Waals surface area contributed by atoms with E-state index in [1.165, 1.54) is 11.4 Å². The molecule has 1 rings (SSSR count). The second-order valence-corrected chi connectivity index (χ2v) is 6.34. The summed E-state index contributed by atoms with van der Waals surface area (Å²) in [5.41, 5.74) is 1.06. The summed E-state index contributed by atoms with van der Waals surface area (Å²) in [6.45, 7) is 0. The van der Waals surface area contributed by atoms with Crippen LogP contribution in [0.25, 0.3) is 0 Å². The van der Waals surface area contributed by atoms with Gasteiger partial charge in [-0.15, -0.1) is 11.6 Å². The van der Waals surface area contributed by atoms with Crippen LogP contribution in [0, 0.1) is 11.3 Å². The fourth-order valence-corrected chi connectivity index (χ4v) is 2.90. The lowest BCUT2D eigenvalue weighted by molar-refractivity contribution is 0.591. The number of hydrogen-bond acceptors (Lipinski definition) is 3. The summed E-state index contributed by atoms with van der Waals surface area (Å²) >= 11 is 5.52. The van der Waals surface area contributed by atoms with Crippen LogP contribution >= 0.6 is 11.6 Å². The molecule has 0 heterocycles. The molecule has 4 nitrogen and oxygen atoms in total. The minimum absolute atomic E-state index is 0.0796. The van der Waals surface area contributed by atoms with Gasteiger partial charge in [0.05, 0.1) is 23.1 Å². The van der Waals surface area contributed by atoms with Crippen LogP contribution in [0.4, 0.5) is 5.69 Å². The van der Waals surface area contributed by atoms with Gasteiger partial charge in [-0.2, -0.15) is 5.26 Å². The van der Waals surface area contributed by atoms with Crippen molar-refractivity contribution in [3.8, 4) is 6.07 Å². The fraction of sp³-hybridized carbons (Fsp3) is 0.417. The second kappa shape index (κ2) is 6.62. The highest BCUT2D eigenvalue weighted by molar-refractivity contribution is 7.92. The SMILES string of the molecule is CN(c1ccc(C#N)cc1)S(=O)(=O)CCCCCl. The van der Waals surface area contributed by atoms with E-state index in [0.29, 0.717) is 30.0 Å². The molecule has 0 radical (unpaired) electrons. The van der Waals surface area contributed by atoms with Crippen molar-refractivity contribution in [1.29, 1.82) is 5.26 Å². The maximum absolute atomic E-state index is 12.0. The average molecular weight is 287 g/mol. The maximum atomic E-state index is 12.0. The van der Waals surface area contributed by atoms with Crippen molar-refractivity contribution in [2.45, 2.75) is 12.8 Å². The molecule has 0 aliphatic heterocycles. The first-order valence-electron chi connectivity index (χ1n) is 5.54. The van der Waals surface area contributed by atoms with Gasteiger partial charge in [0.2, 0.25) is 10.0 Å². The van der Waals surface area contributed by atoms with Gasteiger partial charge in [-0.25, -0.2) is 8.42 Å². The first-order valence-corrected chi connectivity index (χ1v) is 7.68. The standard InChI is InChI=1S/C12H15ClN2O2S/c1-15(18(16,17)9-3-2-8-13)12-6-4-11(10-14)5-7-12/h4-7H,2-3,8-9H2,1H3. The van der Waals surface area contributed by atoms with Crippen LogP contribution in [0.5, 0.6) is 0 Å². The summed E-state index contributed by atoms with van der Waals surface area (Å²) in [4.78, 5) is 0. The molecule has 0 spiro atoms. The molecule has 98 valence electrons. The van der Waals surface area contributed by atoms with E-state index in [2.05, 4.69) is 0 Å². The van der Waals surface area contributed by atoms with Gasteiger partial charge >= 0.3 is 0 Å². The summed E-state index contributed by atoms with van der Waals surface area (Å²) in [7, 11) is -1.80. The quantitative estimate of drug-likeness (QED) is 0.596. The Balaban J connectivity index is 2.79. The Morgan fingerprint density at radius 1 is 1.28 bits per heavy atom. The Bertz CT molecular complexity index is 520. The van der Waals surface area contributed by atoms with E-state index in [-0.39, 0.29) is 5.75 Å². The lowest BCUT2D eigenvalue weighted by Crippen LogP contribution is -2.29. The summed E-state index contributed by atoms with van der Waals surface area (Å²) in [6, 6.07) is 8.43. The second-order valence-electron chi connectivity index (χ2n) is 3.84. The minimum Gasteiger partial charge on any atom is -0.273 e. The molecule has 0 aromatic heterocycles. The van der Waals surface area contributed by atoms with E-state index < -0.39 is 10.0 Å². The molecule has 1 aromatic rings. The molecule has 0 bridgehead atoms. The number of sulfonamides is 1. The molecule has 0 N–H and O–H groups in total. The Labute approximate surface area is 113 Å². The fourth-order valence-electron chi connectivity index (χ4n) is 1.42.